The van der Waals surface area contributed by atoms with E-state index in [-0.39, 0.29) is 23.8 Å². The number of aromatic carboxylic acids is 1. The van der Waals surface area contributed by atoms with Gasteiger partial charge in [-0.2, -0.15) is 0 Å². The van der Waals surface area contributed by atoms with Crippen LogP contribution in [0.1, 0.15) is 34.0 Å². The number of hydrogen-bond donors (Lipinski definition) is 2. The number of halogens is 2. The maximum absolute atomic E-state index is 12.3. The van der Waals surface area contributed by atoms with Crippen LogP contribution in [0.2, 0.25) is 10.0 Å². The number of rotatable bonds is 3. The van der Waals surface area contributed by atoms with E-state index in [0.29, 0.717) is 21.4 Å². The molecular formula is C20H14Cl2N2O3. The number of aromatic nitrogens is 1. The number of carboxylic acids is 1. The molecule has 136 valence electrons. The highest BCUT2D eigenvalue weighted by atomic mass is 35.5. The number of amides is 1. The summed E-state index contributed by atoms with van der Waals surface area (Å²) in [5.74, 6) is -1.68. The van der Waals surface area contributed by atoms with Crippen molar-refractivity contribution in [1.29, 1.82) is 0 Å². The molecule has 1 atom stereocenters. The summed E-state index contributed by atoms with van der Waals surface area (Å²) in [7, 11) is 0. The lowest BCUT2D eigenvalue weighted by Crippen LogP contribution is -2.25. The lowest BCUT2D eigenvalue weighted by atomic mass is 9.88. The first-order chi connectivity index (χ1) is 12.9. The van der Waals surface area contributed by atoms with Gasteiger partial charge in [0.15, 0.2) is 0 Å². The lowest BCUT2D eigenvalue weighted by Gasteiger charge is -2.26. The summed E-state index contributed by atoms with van der Waals surface area (Å²) in [4.78, 5) is 24.1. The van der Waals surface area contributed by atoms with Crippen LogP contribution in [0.25, 0.3) is 5.69 Å². The minimum Gasteiger partial charge on any atom is -0.478 e. The third-order valence-corrected chi connectivity index (χ3v) is 5.07. The predicted molar refractivity (Wildman–Crippen MR) is 104 cm³/mol. The zero-order chi connectivity index (χ0) is 19.1. The minimum absolute atomic E-state index is 0.0325. The third-order valence-electron chi connectivity index (χ3n) is 4.60. The normalized spacial score (nSPS) is 15.9. The number of fused-ring (bicyclic) bond motifs is 1. The Bertz CT molecular complexity index is 1070. The zero-order valence-corrected chi connectivity index (χ0v) is 15.5. The molecule has 1 aliphatic rings. The molecule has 2 heterocycles. The van der Waals surface area contributed by atoms with E-state index in [4.69, 9.17) is 23.2 Å². The quantitative estimate of drug-likeness (QED) is 0.652. The van der Waals surface area contributed by atoms with Gasteiger partial charge in [0.05, 0.1) is 11.4 Å². The van der Waals surface area contributed by atoms with E-state index < -0.39 is 5.97 Å². The fourth-order valence-electron chi connectivity index (χ4n) is 3.47. The highest BCUT2D eigenvalue weighted by molar-refractivity contribution is 6.31. The van der Waals surface area contributed by atoms with Crippen LogP contribution < -0.4 is 5.32 Å². The number of hydrogen-bond acceptors (Lipinski definition) is 2. The highest BCUT2D eigenvalue weighted by Gasteiger charge is 2.34. The molecule has 1 aliphatic heterocycles. The van der Waals surface area contributed by atoms with E-state index in [0.717, 1.165) is 11.3 Å². The molecule has 7 heteroatoms. The number of nitrogens with zero attached hydrogens (tertiary/aromatic N) is 1. The average Bonchev–Trinajstić information content (AvgIpc) is 3.00. The van der Waals surface area contributed by atoms with Crippen molar-refractivity contribution >= 4 is 40.8 Å². The lowest BCUT2D eigenvalue weighted by molar-refractivity contribution is -0.116. The van der Waals surface area contributed by atoms with Gasteiger partial charge < -0.3 is 15.0 Å². The Hall–Kier alpha value is -2.76. The molecule has 0 spiro atoms. The van der Waals surface area contributed by atoms with Crippen molar-refractivity contribution < 1.29 is 14.7 Å². The Morgan fingerprint density at radius 3 is 2.48 bits per heavy atom. The summed E-state index contributed by atoms with van der Waals surface area (Å²) in [6.45, 7) is 0. The van der Waals surface area contributed by atoms with Crippen LogP contribution in [0.5, 0.6) is 0 Å². The standard InChI is InChI=1S/C20H14Cl2N2O3/c21-12-4-1-3-11(7-12)15-9-17(25)23-18-16(20(26)27)10-24(19(15)18)14-6-2-5-13(22)8-14/h1-8,10,15H,9H2,(H,23,25)(H,26,27)/t15-/m0/s1. The van der Waals surface area contributed by atoms with Crippen LogP contribution in [-0.2, 0) is 4.79 Å². The Kier molecular flexibility index (Phi) is 4.42. The molecular weight excluding hydrogens is 387 g/mol. The molecule has 1 amide bonds. The van der Waals surface area contributed by atoms with E-state index in [2.05, 4.69) is 5.32 Å². The second kappa shape index (κ2) is 6.76. The summed E-state index contributed by atoms with van der Waals surface area (Å²) < 4.78 is 1.77. The van der Waals surface area contributed by atoms with Gasteiger partial charge in [-0.15, -0.1) is 0 Å². The third kappa shape index (κ3) is 3.20. The monoisotopic (exact) mass is 400 g/mol. The Morgan fingerprint density at radius 2 is 1.81 bits per heavy atom. The molecule has 0 bridgehead atoms. The fourth-order valence-corrected chi connectivity index (χ4v) is 3.85. The second-order valence-electron chi connectivity index (χ2n) is 6.32. The maximum atomic E-state index is 12.3. The topological polar surface area (TPSA) is 71.3 Å². The predicted octanol–water partition coefficient (Wildman–Crippen LogP) is 4.96. The van der Waals surface area contributed by atoms with Gasteiger partial charge >= 0.3 is 5.97 Å². The van der Waals surface area contributed by atoms with Crippen molar-refractivity contribution in [3.05, 3.63) is 81.6 Å². The number of benzene rings is 2. The molecule has 0 fully saturated rings. The molecule has 3 aromatic rings. The van der Waals surface area contributed by atoms with E-state index >= 15 is 0 Å². The molecule has 27 heavy (non-hydrogen) atoms. The van der Waals surface area contributed by atoms with E-state index in [1.165, 1.54) is 6.20 Å². The number of nitrogens with one attached hydrogen (secondary N) is 1. The second-order valence-corrected chi connectivity index (χ2v) is 7.19. The van der Waals surface area contributed by atoms with Crippen LogP contribution in [0.15, 0.2) is 54.7 Å². The fraction of sp³-hybridized carbons (Fsp3) is 0.100. The Balaban J connectivity index is 1.99. The van der Waals surface area contributed by atoms with Crippen LogP contribution in [0, 0.1) is 0 Å². The first-order valence-electron chi connectivity index (χ1n) is 8.24. The molecule has 0 unspecified atom stereocenters. The molecule has 1 aromatic heterocycles. The van der Waals surface area contributed by atoms with Gasteiger partial charge in [0.1, 0.15) is 5.56 Å². The van der Waals surface area contributed by atoms with Crippen LogP contribution >= 0.6 is 23.2 Å². The molecule has 4 rings (SSSR count). The van der Waals surface area contributed by atoms with Crippen molar-refractivity contribution in [3.63, 3.8) is 0 Å². The van der Waals surface area contributed by atoms with Crippen molar-refractivity contribution in [2.75, 3.05) is 5.32 Å². The number of carbonyl (C=O) groups is 2. The van der Waals surface area contributed by atoms with Crippen molar-refractivity contribution in [2.45, 2.75) is 12.3 Å². The van der Waals surface area contributed by atoms with E-state index in [1.54, 1.807) is 34.9 Å². The van der Waals surface area contributed by atoms with Crippen molar-refractivity contribution in [3.8, 4) is 5.69 Å². The van der Waals surface area contributed by atoms with Crippen LogP contribution in [0.4, 0.5) is 5.69 Å². The van der Waals surface area contributed by atoms with Crippen molar-refractivity contribution in [2.24, 2.45) is 0 Å². The number of carboxylic acid groups (broad SMARTS) is 1. The maximum Gasteiger partial charge on any atom is 0.339 e. The minimum atomic E-state index is -1.11. The number of anilines is 1. The Labute approximate surface area is 165 Å². The highest BCUT2D eigenvalue weighted by Crippen LogP contribution is 2.42. The van der Waals surface area contributed by atoms with Gasteiger partial charge in [0, 0.05) is 34.3 Å². The first kappa shape index (κ1) is 17.6. The van der Waals surface area contributed by atoms with Crippen LogP contribution in [-0.4, -0.2) is 21.6 Å². The van der Waals surface area contributed by atoms with Crippen LogP contribution in [0.3, 0.4) is 0 Å². The SMILES string of the molecule is O=C1C[C@@H](c2cccc(Cl)c2)c2c(c(C(=O)O)cn2-c2cccc(Cl)c2)N1. The van der Waals surface area contributed by atoms with Gasteiger partial charge in [-0.1, -0.05) is 41.4 Å². The van der Waals surface area contributed by atoms with Gasteiger partial charge in [0.2, 0.25) is 5.91 Å². The summed E-state index contributed by atoms with van der Waals surface area (Å²) >= 11 is 12.3. The largest absolute Gasteiger partial charge is 0.478 e. The van der Waals surface area contributed by atoms with E-state index in [9.17, 15) is 14.7 Å². The molecule has 0 saturated heterocycles. The number of carbonyl (C=O) groups excluding carboxylic acids is 1. The summed E-state index contributed by atoms with van der Waals surface area (Å²) in [5.41, 5.74) is 2.59. The zero-order valence-electron chi connectivity index (χ0n) is 13.9. The summed E-state index contributed by atoms with van der Waals surface area (Å²) in [6, 6.07) is 14.4. The molecule has 0 aliphatic carbocycles. The van der Waals surface area contributed by atoms with Crippen molar-refractivity contribution in [1.82, 2.24) is 4.57 Å². The van der Waals surface area contributed by atoms with Gasteiger partial charge in [-0.25, -0.2) is 4.79 Å². The smallest absolute Gasteiger partial charge is 0.339 e. The molecule has 0 radical (unpaired) electrons. The first-order valence-corrected chi connectivity index (χ1v) is 8.99. The average molecular weight is 401 g/mol. The Morgan fingerprint density at radius 1 is 1.11 bits per heavy atom. The molecule has 0 saturated carbocycles. The molecule has 2 aromatic carbocycles. The summed E-state index contributed by atoms with van der Waals surface area (Å²) in [6.07, 6.45) is 1.71. The molecule has 2 N–H and O–H groups in total. The van der Waals surface area contributed by atoms with E-state index in [1.807, 2.05) is 18.2 Å². The van der Waals surface area contributed by atoms with Gasteiger partial charge in [-0.3, -0.25) is 4.79 Å². The van der Waals surface area contributed by atoms with Gasteiger partial charge in [-0.05, 0) is 35.9 Å². The summed E-state index contributed by atoms with van der Waals surface area (Å²) in [5, 5.41) is 13.4. The molecule has 5 nitrogen and oxygen atoms in total. The van der Waals surface area contributed by atoms with Gasteiger partial charge in [0.25, 0.3) is 0 Å².